The molecule has 6 heteroatoms. The molecule has 0 bridgehead atoms. The summed E-state index contributed by atoms with van der Waals surface area (Å²) >= 11 is 0. The minimum Gasteiger partial charge on any atom is -0.355 e. The molecule has 0 atom stereocenters. The van der Waals surface area contributed by atoms with Crippen molar-refractivity contribution < 1.29 is 9.59 Å². The van der Waals surface area contributed by atoms with Gasteiger partial charge in [-0.05, 0) is 30.9 Å². The monoisotopic (exact) mass is 384 g/mol. The Morgan fingerprint density at radius 3 is 2.64 bits per heavy atom. The molecule has 1 fully saturated rings. The average molecular weight is 385 g/mol. The van der Waals surface area contributed by atoms with Crippen LogP contribution in [0.25, 0.3) is 11.0 Å². The number of nitrogens with one attached hydrogen (secondary N) is 2. The van der Waals surface area contributed by atoms with E-state index >= 15 is 0 Å². The molecule has 1 saturated carbocycles. The predicted octanol–water partition coefficient (Wildman–Crippen LogP) is 3.05. The zero-order chi connectivity index (χ0) is 19.9. The van der Waals surface area contributed by atoms with Crippen molar-refractivity contribution >= 4 is 22.8 Å². The number of carbonyl (C=O) groups excluding carboxylic acids is 2. The molecule has 6 nitrogen and oxygen atoms in total. The van der Waals surface area contributed by atoms with Gasteiger partial charge in [0.1, 0.15) is 12.4 Å². The average Bonchev–Trinajstić information content (AvgIpc) is 3.04. The minimum atomic E-state index is -0.00987. The van der Waals surface area contributed by atoms with Gasteiger partial charge in [-0.2, -0.15) is 0 Å². The molecule has 0 spiro atoms. The highest BCUT2D eigenvalue weighted by molar-refractivity contribution is 5.81. The Labute approximate surface area is 167 Å². The van der Waals surface area contributed by atoms with Crippen LogP contribution in [0.3, 0.4) is 0 Å². The second-order valence-corrected chi connectivity index (χ2v) is 8.18. The number of amides is 2. The first-order valence-corrected chi connectivity index (χ1v) is 10.5. The number of benzene rings is 1. The van der Waals surface area contributed by atoms with Crippen LogP contribution in [-0.4, -0.2) is 34.5 Å². The summed E-state index contributed by atoms with van der Waals surface area (Å²) in [4.78, 5) is 29.4. The fourth-order valence-electron chi connectivity index (χ4n) is 3.82. The second kappa shape index (κ2) is 9.71. The number of para-hydroxylation sites is 2. The molecule has 0 saturated heterocycles. The van der Waals surface area contributed by atoms with E-state index in [0.717, 1.165) is 42.5 Å². The Kier molecular flexibility index (Phi) is 7.06. The molecular weight excluding hydrogens is 352 g/mol. The smallest absolute Gasteiger partial charge is 0.240 e. The van der Waals surface area contributed by atoms with E-state index in [-0.39, 0.29) is 24.3 Å². The van der Waals surface area contributed by atoms with E-state index in [0.29, 0.717) is 25.4 Å². The lowest BCUT2D eigenvalue weighted by atomic mass is 9.89. The molecule has 1 aliphatic rings. The maximum absolute atomic E-state index is 12.4. The van der Waals surface area contributed by atoms with Crippen molar-refractivity contribution in [1.82, 2.24) is 20.2 Å². The molecule has 3 rings (SSSR count). The largest absolute Gasteiger partial charge is 0.355 e. The number of hydrogen-bond donors (Lipinski definition) is 2. The lowest BCUT2D eigenvalue weighted by Crippen LogP contribution is -2.34. The quantitative estimate of drug-likeness (QED) is 0.734. The summed E-state index contributed by atoms with van der Waals surface area (Å²) in [6.45, 7) is 5.62. The summed E-state index contributed by atoms with van der Waals surface area (Å²) in [7, 11) is 0. The molecule has 28 heavy (non-hydrogen) atoms. The van der Waals surface area contributed by atoms with Crippen LogP contribution in [0.15, 0.2) is 24.3 Å². The lowest BCUT2D eigenvalue weighted by molar-refractivity contribution is -0.126. The Bertz CT molecular complexity index is 806. The summed E-state index contributed by atoms with van der Waals surface area (Å²) < 4.78 is 1.97. The van der Waals surface area contributed by atoms with Crippen LogP contribution in [-0.2, 0) is 22.6 Å². The van der Waals surface area contributed by atoms with Crippen molar-refractivity contribution in [2.24, 2.45) is 11.8 Å². The Hall–Kier alpha value is -2.37. The third-order valence-corrected chi connectivity index (χ3v) is 5.37. The van der Waals surface area contributed by atoms with Gasteiger partial charge in [-0.1, -0.05) is 45.2 Å². The van der Waals surface area contributed by atoms with Crippen molar-refractivity contribution in [1.29, 1.82) is 0 Å². The summed E-state index contributed by atoms with van der Waals surface area (Å²) in [5, 5.41) is 6.05. The van der Waals surface area contributed by atoms with Gasteiger partial charge in [0.25, 0.3) is 0 Å². The molecule has 152 valence electrons. The van der Waals surface area contributed by atoms with Gasteiger partial charge in [0.15, 0.2) is 0 Å². The van der Waals surface area contributed by atoms with Crippen LogP contribution in [0.2, 0.25) is 0 Å². The lowest BCUT2D eigenvalue weighted by Gasteiger charge is -2.20. The van der Waals surface area contributed by atoms with E-state index in [4.69, 9.17) is 4.98 Å². The van der Waals surface area contributed by atoms with Gasteiger partial charge >= 0.3 is 0 Å². The van der Waals surface area contributed by atoms with Crippen LogP contribution in [0.5, 0.6) is 0 Å². The van der Waals surface area contributed by atoms with Gasteiger partial charge in [0, 0.05) is 25.4 Å². The first-order chi connectivity index (χ1) is 13.5. The van der Waals surface area contributed by atoms with E-state index in [1.807, 2.05) is 28.8 Å². The topological polar surface area (TPSA) is 76.0 Å². The fraction of sp³-hybridized carbons (Fsp3) is 0.591. The number of imidazole rings is 1. The maximum atomic E-state index is 12.4. The number of hydrogen-bond acceptors (Lipinski definition) is 3. The highest BCUT2D eigenvalue weighted by atomic mass is 16.2. The van der Waals surface area contributed by atoms with Gasteiger partial charge in [-0.25, -0.2) is 4.98 Å². The maximum Gasteiger partial charge on any atom is 0.240 e. The van der Waals surface area contributed by atoms with E-state index < -0.39 is 0 Å². The third kappa shape index (κ3) is 5.33. The molecule has 0 radical (unpaired) electrons. The van der Waals surface area contributed by atoms with Crippen LogP contribution >= 0.6 is 0 Å². The minimum absolute atomic E-state index is 0.00987. The molecule has 1 aromatic carbocycles. The van der Waals surface area contributed by atoms with Crippen LogP contribution < -0.4 is 10.6 Å². The number of nitrogens with zero attached hydrogens (tertiary/aromatic N) is 2. The highest BCUT2D eigenvalue weighted by Crippen LogP contribution is 2.23. The van der Waals surface area contributed by atoms with Gasteiger partial charge in [0.2, 0.25) is 11.8 Å². The van der Waals surface area contributed by atoms with Crippen molar-refractivity contribution in [3.05, 3.63) is 30.1 Å². The number of carbonyl (C=O) groups is 2. The number of aromatic nitrogens is 2. The zero-order valence-electron chi connectivity index (χ0n) is 17.0. The zero-order valence-corrected chi connectivity index (χ0v) is 17.0. The summed E-state index contributed by atoms with van der Waals surface area (Å²) in [5.74, 6) is 1.57. The standard InChI is InChI=1S/C22H32N4O2/c1-16(2)14-24-21(27)15-26-19-11-7-6-10-18(19)25-20(26)12-13-23-22(28)17-8-4-3-5-9-17/h6-7,10-11,16-17H,3-5,8-9,12-15H2,1-2H3,(H,23,28)(H,24,27). The number of fused-ring (bicyclic) bond motifs is 1. The molecular formula is C22H32N4O2. The predicted molar refractivity (Wildman–Crippen MR) is 111 cm³/mol. The van der Waals surface area contributed by atoms with E-state index in [1.165, 1.54) is 6.42 Å². The molecule has 1 aliphatic carbocycles. The number of rotatable bonds is 8. The Morgan fingerprint density at radius 1 is 1.14 bits per heavy atom. The van der Waals surface area contributed by atoms with Crippen LogP contribution in [0, 0.1) is 11.8 Å². The van der Waals surface area contributed by atoms with Gasteiger partial charge in [-0.15, -0.1) is 0 Å². The molecule has 1 heterocycles. The summed E-state index contributed by atoms with van der Waals surface area (Å²) in [6, 6.07) is 7.86. The van der Waals surface area contributed by atoms with Gasteiger partial charge < -0.3 is 15.2 Å². The summed E-state index contributed by atoms with van der Waals surface area (Å²) in [5.41, 5.74) is 1.84. The van der Waals surface area contributed by atoms with Crippen molar-refractivity contribution in [3.63, 3.8) is 0 Å². The van der Waals surface area contributed by atoms with Crippen LogP contribution in [0.1, 0.15) is 51.8 Å². The van der Waals surface area contributed by atoms with Gasteiger partial charge in [-0.3, -0.25) is 9.59 Å². The fourth-order valence-corrected chi connectivity index (χ4v) is 3.82. The van der Waals surface area contributed by atoms with Crippen molar-refractivity contribution in [2.75, 3.05) is 13.1 Å². The van der Waals surface area contributed by atoms with E-state index in [2.05, 4.69) is 24.5 Å². The first kappa shape index (κ1) is 20.4. The van der Waals surface area contributed by atoms with E-state index in [1.54, 1.807) is 0 Å². The molecule has 0 aliphatic heterocycles. The molecule has 2 N–H and O–H groups in total. The van der Waals surface area contributed by atoms with Crippen molar-refractivity contribution in [2.45, 2.75) is 58.9 Å². The molecule has 2 aromatic rings. The Morgan fingerprint density at radius 2 is 1.89 bits per heavy atom. The van der Waals surface area contributed by atoms with Crippen molar-refractivity contribution in [3.8, 4) is 0 Å². The molecule has 1 aromatic heterocycles. The SMILES string of the molecule is CC(C)CNC(=O)Cn1c(CCNC(=O)C2CCCCC2)nc2ccccc21. The van der Waals surface area contributed by atoms with E-state index in [9.17, 15) is 9.59 Å². The third-order valence-electron chi connectivity index (χ3n) is 5.37. The normalized spacial score (nSPS) is 15.1. The first-order valence-electron chi connectivity index (χ1n) is 10.5. The highest BCUT2D eigenvalue weighted by Gasteiger charge is 2.21. The molecule has 2 amide bonds. The van der Waals surface area contributed by atoms with Gasteiger partial charge in [0.05, 0.1) is 11.0 Å². The summed E-state index contributed by atoms with van der Waals surface area (Å²) in [6.07, 6.45) is 6.16. The second-order valence-electron chi connectivity index (χ2n) is 8.18. The Balaban J connectivity index is 1.64. The van der Waals surface area contributed by atoms with Crippen LogP contribution in [0.4, 0.5) is 0 Å². The molecule has 0 unspecified atom stereocenters.